The maximum Gasteiger partial charge on any atom is 0.126 e. The van der Waals surface area contributed by atoms with Crippen molar-refractivity contribution in [2.75, 3.05) is 0 Å². The molecule has 0 aromatic rings. The summed E-state index contributed by atoms with van der Waals surface area (Å²) in [5.41, 5.74) is 1.80. The molecule has 0 amide bonds. The third-order valence-electron chi connectivity index (χ3n) is 1.80. The third-order valence-corrected chi connectivity index (χ3v) is 1.80. The van der Waals surface area contributed by atoms with Gasteiger partial charge in [0.15, 0.2) is 0 Å². The molecule has 0 aliphatic heterocycles. The second-order valence-electron chi connectivity index (χ2n) is 4.15. The molecule has 0 nitrogen and oxygen atoms in total. The van der Waals surface area contributed by atoms with Crippen molar-refractivity contribution >= 4 is 0 Å². The van der Waals surface area contributed by atoms with Gasteiger partial charge in [0, 0.05) is 5.57 Å². The van der Waals surface area contributed by atoms with Crippen molar-refractivity contribution in [3.63, 3.8) is 0 Å². The van der Waals surface area contributed by atoms with Crippen LogP contribution in [0.1, 0.15) is 41.0 Å². The van der Waals surface area contributed by atoms with Crippen molar-refractivity contribution < 1.29 is 4.39 Å². The first kappa shape index (κ1) is 13.2. The monoisotopic (exact) mass is 196 g/mol. The van der Waals surface area contributed by atoms with Crippen LogP contribution in [0.5, 0.6) is 0 Å². The van der Waals surface area contributed by atoms with Gasteiger partial charge in [0.05, 0.1) is 0 Å². The van der Waals surface area contributed by atoms with Crippen LogP contribution in [-0.4, -0.2) is 0 Å². The van der Waals surface area contributed by atoms with E-state index in [9.17, 15) is 4.39 Å². The Bertz CT molecular complexity index is 250. The van der Waals surface area contributed by atoms with Crippen LogP contribution in [0.25, 0.3) is 0 Å². The number of halogens is 1. The molecular formula is C13H21F. The molecule has 0 radical (unpaired) electrons. The maximum absolute atomic E-state index is 13.5. The summed E-state index contributed by atoms with van der Waals surface area (Å²) in [5.74, 6) is 0.396. The van der Waals surface area contributed by atoms with Gasteiger partial charge in [-0.1, -0.05) is 31.6 Å². The fourth-order valence-corrected chi connectivity index (χ4v) is 1.06. The Labute approximate surface area is 87.2 Å². The van der Waals surface area contributed by atoms with Crippen LogP contribution in [0.15, 0.2) is 35.2 Å². The van der Waals surface area contributed by atoms with E-state index in [0.29, 0.717) is 11.5 Å². The smallest absolute Gasteiger partial charge is 0.126 e. The van der Waals surface area contributed by atoms with E-state index in [4.69, 9.17) is 0 Å². The van der Waals surface area contributed by atoms with E-state index in [1.54, 1.807) is 12.2 Å². The van der Waals surface area contributed by atoms with Gasteiger partial charge in [0.1, 0.15) is 5.83 Å². The molecule has 0 N–H and O–H groups in total. The summed E-state index contributed by atoms with van der Waals surface area (Å²) in [5, 5.41) is 0. The first-order valence-corrected chi connectivity index (χ1v) is 5.14. The number of rotatable bonds is 4. The zero-order valence-electron chi connectivity index (χ0n) is 9.89. The summed E-state index contributed by atoms with van der Waals surface area (Å²) in [4.78, 5) is 0. The predicted molar refractivity (Wildman–Crippen MR) is 61.8 cm³/mol. The highest BCUT2D eigenvalue weighted by molar-refractivity contribution is 5.36. The minimum absolute atomic E-state index is 0.109. The molecule has 0 fully saturated rings. The zero-order chi connectivity index (χ0) is 11.1. The van der Waals surface area contributed by atoms with Crippen LogP contribution in [0.3, 0.4) is 0 Å². The summed E-state index contributed by atoms with van der Waals surface area (Å²) in [6.07, 6.45) is 6.13. The van der Waals surface area contributed by atoms with Gasteiger partial charge in [-0.05, 0) is 39.2 Å². The van der Waals surface area contributed by atoms with Gasteiger partial charge >= 0.3 is 0 Å². The zero-order valence-corrected chi connectivity index (χ0v) is 9.89. The van der Waals surface area contributed by atoms with Crippen molar-refractivity contribution in [1.29, 1.82) is 0 Å². The molecule has 0 saturated carbocycles. The number of allylic oxidation sites excluding steroid dienone is 6. The van der Waals surface area contributed by atoms with Crippen molar-refractivity contribution in [2.45, 2.75) is 41.0 Å². The molecule has 0 unspecified atom stereocenters. The predicted octanol–water partition coefficient (Wildman–Crippen LogP) is 4.80. The topological polar surface area (TPSA) is 0 Å². The lowest BCUT2D eigenvalue weighted by Gasteiger charge is -2.02. The molecule has 0 rings (SSSR count). The van der Waals surface area contributed by atoms with Crippen molar-refractivity contribution in [1.82, 2.24) is 0 Å². The minimum Gasteiger partial charge on any atom is -0.207 e. The van der Waals surface area contributed by atoms with Crippen molar-refractivity contribution in [3.05, 3.63) is 35.2 Å². The van der Waals surface area contributed by atoms with Crippen molar-refractivity contribution in [3.8, 4) is 0 Å². The Hall–Kier alpha value is -0.850. The molecule has 1 heteroatoms. The standard InChI is InChI=1S/C13H21F/c1-6-12(9-11(4)5)13(14)8-7-10(2)3/h6,8-10H,7H2,1-5H3/b12-6+,13-8-. The molecule has 0 saturated heterocycles. The SMILES string of the molecule is C/C=C(C=C(C)C)/C(F)=C/CC(C)C. The molecule has 0 atom stereocenters. The van der Waals surface area contributed by atoms with Crippen molar-refractivity contribution in [2.24, 2.45) is 5.92 Å². The summed E-state index contributed by atoms with van der Waals surface area (Å²) in [6.45, 7) is 9.97. The van der Waals surface area contributed by atoms with E-state index < -0.39 is 0 Å². The molecular weight excluding hydrogens is 175 g/mol. The van der Waals surface area contributed by atoms with Gasteiger partial charge in [-0.3, -0.25) is 0 Å². The maximum atomic E-state index is 13.5. The minimum atomic E-state index is -0.109. The van der Waals surface area contributed by atoms with Gasteiger partial charge in [-0.25, -0.2) is 4.39 Å². The molecule has 0 aliphatic carbocycles. The van der Waals surface area contributed by atoms with Gasteiger partial charge in [-0.15, -0.1) is 0 Å². The third kappa shape index (κ3) is 5.74. The second-order valence-corrected chi connectivity index (χ2v) is 4.15. The van der Waals surface area contributed by atoms with Crippen LogP contribution >= 0.6 is 0 Å². The van der Waals surface area contributed by atoms with Crippen LogP contribution in [0.4, 0.5) is 4.39 Å². The Morgan fingerprint density at radius 1 is 1.29 bits per heavy atom. The normalized spacial score (nSPS) is 13.4. The van der Waals surface area contributed by atoms with E-state index in [1.165, 1.54) is 0 Å². The first-order valence-electron chi connectivity index (χ1n) is 5.14. The fourth-order valence-electron chi connectivity index (χ4n) is 1.06. The highest BCUT2D eigenvalue weighted by atomic mass is 19.1. The van der Waals surface area contributed by atoms with Crippen LogP contribution < -0.4 is 0 Å². The van der Waals surface area contributed by atoms with E-state index in [-0.39, 0.29) is 5.83 Å². The van der Waals surface area contributed by atoms with E-state index in [2.05, 4.69) is 13.8 Å². The highest BCUT2D eigenvalue weighted by Crippen LogP contribution is 2.17. The molecule has 80 valence electrons. The molecule has 0 heterocycles. The van der Waals surface area contributed by atoms with Gasteiger partial charge < -0.3 is 0 Å². The van der Waals surface area contributed by atoms with E-state index in [1.807, 2.05) is 26.8 Å². The average molecular weight is 196 g/mol. The van der Waals surface area contributed by atoms with Crippen LogP contribution in [0, 0.1) is 5.92 Å². The van der Waals surface area contributed by atoms with Gasteiger partial charge in [0.25, 0.3) is 0 Å². The molecule has 0 aromatic carbocycles. The summed E-state index contributed by atoms with van der Waals surface area (Å²) >= 11 is 0. The molecule has 14 heavy (non-hydrogen) atoms. The number of hydrogen-bond donors (Lipinski definition) is 0. The number of hydrogen-bond acceptors (Lipinski definition) is 0. The summed E-state index contributed by atoms with van der Waals surface area (Å²) < 4.78 is 13.5. The van der Waals surface area contributed by atoms with Gasteiger partial charge in [-0.2, -0.15) is 0 Å². The Morgan fingerprint density at radius 3 is 2.21 bits per heavy atom. The van der Waals surface area contributed by atoms with E-state index >= 15 is 0 Å². The van der Waals surface area contributed by atoms with E-state index in [0.717, 1.165) is 12.0 Å². The second kappa shape index (κ2) is 6.58. The molecule has 0 aliphatic rings. The quantitative estimate of drug-likeness (QED) is 0.567. The molecule has 0 aromatic heterocycles. The Kier molecular flexibility index (Phi) is 6.18. The fraction of sp³-hybridized carbons (Fsp3) is 0.538. The molecule has 0 spiro atoms. The van der Waals surface area contributed by atoms with Crippen LogP contribution in [-0.2, 0) is 0 Å². The largest absolute Gasteiger partial charge is 0.207 e. The first-order chi connectivity index (χ1) is 6.47. The Morgan fingerprint density at radius 2 is 1.86 bits per heavy atom. The lowest BCUT2D eigenvalue weighted by atomic mass is 10.1. The van der Waals surface area contributed by atoms with Crippen LogP contribution in [0.2, 0.25) is 0 Å². The Balaban J connectivity index is 4.56. The average Bonchev–Trinajstić information content (AvgIpc) is 2.09. The van der Waals surface area contributed by atoms with Gasteiger partial charge in [0.2, 0.25) is 0 Å². The highest BCUT2D eigenvalue weighted by Gasteiger charge is 2.00. The molecule has 0 bridgehead atoms. The lowest BCUT2D eigenvalue weighted by Crippen LogP contribution is -1.86. The summed E-state index contributed by atoms with van der Waals surface area (Å²) in [6, 6.07) is 0. The lowest BCUT2D eigenvalue weighted by molar-refractivity contribution is 0.615. The summed E-state index contributed by atoms with van der Waals surface area (Å²) in [7, 11) is 0.